The van der Waals surface area contributed by atoms with Crippen molar-refractivity contribution in [2.75, 3.05) is 0 Å². The van der Waals surface area contributed by atoms with Crippen molar-refractivity contribution in [1.82, 2.24) is 15.4 Å². The van der Waals surface area contributed by atoms with E-state index in [-0.39, 0.29) is 5.78 Å². The zero-order valence-electron chi connectivity index (χ0n) is 8.61. The lowest BCUT2D eigenvalue weighted by atomic mass is 10.0. The Labute approximate surface area is 87.3 Å². The van der Waals surface area contributed by atoms with Crippen molar-refractivity contribution in [1.29, 1.82) is 0 Å². The number of ketones is 1. The molecule has 4 heteroatoms. The van der Waals surface area contributed by atoms with Gasteiger partial charge < -0.3 is 0 Å². The number of aryl methyl sites for hydroxylation is 2. The first-order chi connectivity index (χ1) is 7.18. The van der Waals surface area contributed by atoms with E-state index < -0.39 is 0 Å². The zero-order chi connectivity index (χ0) is 10.8. The van der Waals surface area contributed by atoms with E-state index in [4.69, 9.17) is 0 Å². The van der Waals surface area contributed by atoms with Crippen molar-refractivity contribution in [3.63, 3.8) is 0 Å². The Hall–Kier alpha value is -1.97. The first kappa shape index (κ1) is 9.58. The molecule has 0 saturated carbocycles. The van der Waals surface area contributed by atoms with Gasteiger partial charge in [0.05, 0.1) is 6.20 Å². The molecule has 1 N–H and O–H groups in total. The number of carbonyl (C=O) groups is 1. The van der Waals surface area contributed by atoms with Crippen LogP contribution in [0.15, 0.2) is 24.4 Å². The highest BCUT2D eigenvalue weighted by Gasteiger charge is 2.13. The van der Waals surface area contributed by atoms with Crippen LogP contribution in [0.4, 0.5) is 0 Å². The molecular weight excluding hydrogens is 190 g/mol. The highest BCUT2D eigenvalue weighted by atomic mass is 16.1. The number of carbonyl (C=O) groups excluding carboxylic acids is 1. The molecule has 2 rings (SSSR count). The topological polar surface area (TPSA) is 58.6 Å². The van der Waals surface area contributed by atoms with Crippen molar-refractivity contribution < 1.29 is 4.79 Å². The molecule has 0 radical (unpaired) electrons. The molecule has 0 aliphatic rings. The number of H-pyrrole nitrogens is 1. The van der Waals surface area contributed by atoms with E-state index in [1.165, 1.54) is 6.20 Å². The van der Waals surface area contributed by atoms with Crippen LogP contribution in [0.5, 0.6) is 0 Å². The first-order valence-electron chi connectivity index (χ1n) is 4.66. The normalized spacial score (nSPS) is 10.3. The van der Waals surface area contributed by atoms with E-state index >= 15 is 0 Å². The minimum Gasteiger partial charge on any atom is -0.287 e. The van der Waals surface area contributed by atoms with Gasteiger partial charge in [-0.1, -0.05) is 23.8 Å². The molecule has 0 fully saturated rings. The Morgan fingerprint density at radius 2 is 2.13 bits per heavy atom. The summed E-state index contributed by atoms with van der Waals surface area (Å²) < 4.78 is 0. The summed E-state index contributed by atoms with van der Waals surface area (Å²) in [4.78, 5) is 11.9. The van der Waals surface area contributed by atoms with Gasteiger partial charge in [0.15, 0.2) is 5.69 Å². The lowest BCUT2D eigenvalue weighted by molar-refractivity contribution is 0.103. The quantitative estimate of drug-likeness (QED) is 0.751. The van der Waals surface area contributed by atoms with Crippen molar-refractivity contribution in [2.45, 2.75) is 13.8 Å². The Kier molecular flexibility index (Phi) is 2.33. The summed E-state index contributed by atoms with van der Waals surface area (Å²) in [6, 6.07) is 5.72. The van der Waals surface area contributed by atoms with Crippen LogP contribution in [0.2, 0.25) is 0 Å². The minimum atomic E-state index is -0.0961. The lowest BCUT2D eigenvalue weighted by Gasteiger charge is -2.03. The molecular formula is C11H11N3O. The number of hydrogen-bond donors (Lipinski definition) is 1. The highest BCUT2D eigenvalue weighted by Crippen LogP contribution is 2.13. The Balaban J connectivity index is 2.42. The first-order valence-corrected chi connectivity index (χ1v) is 4.66. The predicted octanol–water partition coefficient (Wildman–Crippen LogP) is 1.65. The monoisotopic (exact) mass is 201 g/mol. The second-order valence-corrected chi connectivity index (χ2v) is 3.50. The number of rotatable bonds is 2. The van der Waals surface area contributed by atoms with Gasteiger partial charge in [0.25, 0.3) is 0 Å². The second kappa shape index (κ2) is 3.65. The number of nitrogens with zero attached hydrogens (tertiary/aromatic N) is 2. The largest absolute Gasteiger partial charge is 0.287 e. The molecule has 1 aromatic heterocycles. The second-order valence-electron chi connectivity index (χ2n) is 3.50. The van der Waals surface area contributed by atoms with Gasteiger partial charge in [0.1, 0.15) is 0 Å². The average molecular weight is 201 g/mol. The molecule has 0 atom stereocenters. The summed E-state index contributed by atoms with van der Waals surface area (Å²) in [5.41, 5.74) is 3.13. The van der Waals surface area contributed by atoms with Crippen LogP contribution < -0.4 is 0 Å². The lowest BCUT2D eigenvalue weighted by Crippen LogP contribution is -2.04. The van der Waals surface area contributed by atoms with Crippen molar-refractivity contribution in [2.24, 2.45) is 0 Å². The van der Waals surface area contributed by atoms with Crippen LogP contribution in [-0.2, 0) is 0 Å². The maximum atomic E-state index is 11.9. The number of hydrogen-bond acceptors (Lipinski definition) is 3. The molecule has 15 heavy (non-hydrogen) atoms. The van der Waals surface area contributed by atoms with Gasteiger partial charge >= 0.3 is 0 Å². The SMILES string of the molecule is Cc1ccc(C(=O)c2cn[nH]n2)c(C)c1. The molecule has 0 amide bonds. The van der Waals surface area contributed by atoms with E-state index in [0.29, 0.717) is 11.3 Å². The molecule has 0 spiro atoms. The van der Waals surface area contributed by atoms with Gasteiger partial charge in [-0.15, -0.1) is 0 Å². The maximum Gasteiger partial charge on any atom is 0.215 e. The molecule has 0 saturated heterocycles. The van der Waals surface area contributed by atoms with Crippen molar-refractivity contribution in [3.8, 4) is 0 Å². The third kappa shape index (κ3) is 1.79. The predicted molar refractivity (Wildman–Crippen MR) is 55.7 cm³/mol. The fourth-order valence-electron chi connectivity index (χ4n) is 1.52. The van der Waals surface area contributed by atoms with Crippen molar-refractivity contribution >= 4 is 5.78 Å². The third-order valence-corrected chi connectivity index (χ3v) is 2.27. The summed E-state index contributed by atoms with van der Waals surface area (Å²) in [6.07, 6.45) is 1.43. The van der Waals surface area contributed by atoms with E-state index in [1.807, 2.05) is 32.0 Å². The fraction of sp³-hybridized carbons (Fsp3) is 0.182. The van der Waals surface area contributed by atoms with Gasteiger partial charge in [-0.2, -0.15) is 15.4 Å². The number of aromatic amines is 1. The molecule has 0 unspecified atom stereocenters. The molecule has 1 aromatic carbocycles. The van der Waals surface area contributed by atoms with Crippen LogP contribution in [0.25, 0.3) is 0 Å². The fourth-order valence-corrected chi connectivity index (χ4v) is 1.52. The summed E-state index contributed by atoms with van der Waals surface area (Å²) in [5.74, 6) is -0.0961. The molecule has 0 aliphatic carbocycles. The summed E-state index contributed by atoms with van der Waals surface area (Å²) in [6.45, 7) is 3.91. The summed E-state index contributed by atoms with van der Waals surface area (Å²) in [5, 5.41) is 9.82. The van der Waals surface area contributed by atoms with Gasteiger partial charge in [0.2, 0.25) is 5.78 Å². The average Bonchev–Trinajstić information content (AvgIpc) is 2.69. The smallest absolute Gasteiger partial charge is 0.215 e. The van der Waals surface area contributed by atoms with Crippen molar-refractivity contribution in [3.05, 3.63) is 46.8 Å². The molecule has 76 valence electrons. The third-order valence-electron chi connectivity index (χ3n) is 2.27. The number of aromatic nitrogens is 3. The molecule has 4 nitrogen and oxygen atoms in total. The van der Waals surface area contributed by atoms with Gasteiger partial charge in [-0.05, 0) is 19.4 Å². The van der Waals surface area contributed by atoms with Gasteiger partial charge in [-0.3, -0.25) is 4.79 Å². The van der Waals surface area contributed by atoms with E-state index in [0.717, 1.165) is 11.1 Å². The standard InChI is InChI=1S/C11H11N3O/c1-7-3-4-9(8(2)5-7)11(15)10-6-12-14-13-10/h3-6H,1-2H3,(H,12,13,14). The van der Waals surface area contributed by atoms with Gasteiger partial charge in [-0.25, -0.2) is 0 Å². The van der Waals surface area contributed by atoms with E-state index in [1.54, 1.807) is 0 Å². The Bertz CT molecular complexity index is 489. The van der Waals surface area contributed by atoms with Crippen LogP contribution >= 0.6 is 0 Å². The van der Waals surface area contributed by atoms with E-state index in [2.05, 4.69) is 15.4 Å². The maximum absolute atomic E-state index is 11.9. The molecule has 0 bridgehead atoms. The van der Waals surface area contributed by atoms with Crippen LogP contribution in [0.1, 0.15) is 27.2 Å². The molecule has 2 aromatic rings. The summed E-state index contributed by atoms with van der Waals surface area (Å²) in [7, 11) is 0. The van der Waals surface area contributed by atoms with Crippen LogP contribution in [0, 0.1) is 13.8 Å². The zero-order valence-corrected chi connectivity index (χ0v) is 8.61. The number of benzene rings is 1. The number of nitrogens with one attached hydrogen (secondary N) is 1. The molecule has 0 aliphatic heterocycles. The Morgan fingerprint density at radius 1 is 1.33 bits per heavy atom. The highest BCUT2D eigenvalue weighted by molar-refractivity contribution is 6.08. The Morgan fingerprint density at radius 3 is 2.73 bits per heavy atom. The van der Waals surface area contributed by atoms with Gasteiger partial charge in [0, 0.05) is 5.56 Å². The summed E-state index contributed by atoms with van der Waals surface area (Å²) >= 11 is 0. The van der Waals surface area contributed by atoms with Crippen LogP contribution in [-0.4, -0.2) is 21.2 Å². The van der Waals surface area contributed by atoms with Crippen LogP contribution in [0.3, 0.4) is 0 Å². The molecule has 1 heterocycles. The minimum absolute atomic E-state index is 0.0961. The van der Waals surface area contributed by atoms with E-state index in [9.17, 15) is 4.79 Å².